The lowest BCUT2D eigenvalue weighted by Gasteiger charge is -2.30. The molecule has 3 N–H and O–H groups in total. The van der Waals surface area contributed by atoms with Crippen LogP contribution in [0, 0.1) is 12.8 Å². The Morgan fingerprint density at radius 1 is 1.25 bits per heavy atom. The zero-order valence-electron chi connectivity index (χ0n) is 14.6. The molecule has 0 heterocycles. The highest BCUT2D eigenvalue weighted by Gasteiger charge is 2.25. The van der Waals surface area contributed by atoms with E-state index < -0.39 is 0 Å². The number of nitrogens with one attached hydrogen (secondary N) is 2. The van der Waals surface area contributed by atoms with Crippen LogP contribution in [0.15, 0.2) is 18.2 Å². The predicted octanol–water partition coefficient (Wildman–Crippen LogP) is 3.01. The van der Waals surface area contributed by atoms with E-state index in [2.05, 4.69) is 10.6 Å². The van der Waals surface area contributed by atoms with E-state index >= 15 is 0 Å². The van der Waals surface area contributed by atoms with Gasteiger partial charge in [0.2, 0.25) is 5.91 Å². The van der Waals surface area contributed by atoms with Crippen LogP contribution in [-0.2, 0) is 4.79 Å². The summed E-state index contributed by atoms with van der Waals surface area (Å²) in [5.41, 5.74) is 2.11. The molecule has 1 aliphatic rings. The van der Waals surface area contributed by atoms with Crippen LogP contribution in [0.5, 0.6) is 0 Å². The van der Waals surface area contributed by atoms with E-state index in [4.69, 9.17) is 0 Å². The maximum atomic E-state index is 12.6. The van der Waals surface area contributed by atoms with Crippen molar-refractivity contribution in [1.82, 2.24) is 5.32 Å². The van der Waals surface area contributed by atoms with Crippen molar-refractivity contribution in [2.24, 2.45) is 5.92 Å². The molecule has 5 heteroatoms. The van der Waals surface area contributed by atoms with E-state index in [0.717, 1.165) is 18.4 Å². The fourth-order valence-electron chi connectivity index (χ4n) is 3.44. The lowest BCUT2D eigenvalue weighted by Crippen LogP contribution is -2.41. The van der Waals surface area contributed by atoms with Crippen LogP contribution >= 0.6 is 0 Å². The van der Waals surface area contributed by atoms with E-state index in [1.54, 1.807) is 12.1 Å². The molecule has 1 atom stereocenters. The summed E-state index contributed by atoms with van der Waals surface area (Å²) < 4.78 is 0. The molecule has 1 saturated carbocycles. The maximum Gasteiger partial charge on any atom is 0.251 e. The lowest BCUT2D eigenvalue weighted by atomic mass is 9.82. The monoisotopic (exact) mass is 332 g/mol. The van der Waals surface area contributed by atoms with Crippen molar-refractivity contribution >= 4 is 17.5 Å². The lowest BCUT2D eigenvalue weighted by molar-refractivity contribution is -0.114. The third-order valence-electron chi connectivity index (χ3n) is 4.79. The average molecular weight is 332 g/mol. The summed E-state index contributed by atoms with van der Waals surface area (Å²) in [5, 5.41) is 15.2. The van der Waals surface area contributed by atoms with Crippen LogP contribution in [-0.4, -0.2) is 29.6 Å². The Bertz CT molecular complexity index is 580. The quantitative estimate of drug-likeness (QED) is 0.749. The minimum absolute atomic E-state index is 0.00770. The van der Waals surface area contributed by atoms with Crippen molar-refractivity contribution in [3.63, 3.8) is 0 Å². The third kappa shape index (κ3) is 5.06. The molecule has 1 aromatic carbocycles. The molecular formula is C19H28N2O3. The Morgan fingerprint density at radius 3 is 2.58 bits per heavy atom. The van der Waals surface area contributed by atoms with Crippen molar-refractivity contribution in [3.05, 3.63) is 29.3 Å². The number of rotatable bonds is 6. The van der Waals surface area contributed by atoms with E-state index in [1.807, 2.05) is 13.0 Å². The molecular weight excluding hydrogens is 304 g/mol. The van der Waals surface area contributed by atoms with Gasteiger partial charge in [-0.3, -0.25) is 9.59 Å². The highest BCUT2D eigenvalue weighted by Crippen LogP contribution is 2.28. The second-order valence-electron chi connectivity index (χ2n) is 6.70. The van der Waals surface area contributed by atoms with Crippen LogP contribution in [0.4, 0.5) is 5.69 Å². The zero-order chi connectivity index (χ0) is 17.5. The molecule has 1 aliphatic carbocycles. The van der Waals surface area contributed by atoms with Gasteiger partial charge in [-0.2, -0.15) is 0 Å². The molecule has 24 heavy (non-hydrogen) atoms. The minimum Gasteiger partial charge on any atom is -0.396 e. The molecule has 1 fully saturated rings. The van der Waals surface area contributed by atoms with Crippen molar-refractivity contribution < 1.29 is 14.7 Å². The summed E-state index contributed by atoms with van der Waals surface area (Å²) in [7, 11) is 0. The molecule has 0 spiro atoms. The summed E-state index contributed by atoms with van der Waals surface area (Å²) in [6.45, 7) is 3.42. The average Bonchev–Trinajstić information content (AvgIpc) is 2.56. The molecule has 2 rings (SSSR count). The first-order chi connectivity index (χ1) is 11.5. The number of carbonyl (C=O) groups excluding carboxylic acids is 2. The Morgan fingerprint density at radius 2 is 1.96 bits per heavy atom. The molecule has 0 aliphatic heterocycles. The number of amides is 2. The Labute approximate surface area is 143 Å². The number of hydrogen-bond acceptors (Lipinski definition) is 3. The van der Waals surface area contributed by atoms with E-state index in [-0.39, 0.29) is 24.5 Å². The number of benzene rings is 1. The van der Waals surface area contributed by atoms with Gasteiger partial charge in [-0.25, -0.2) is 0 Å². The molecule has 0 saturated heterocycles. The van der Waals surface area contributed by atoms with Gasteiger partial charge in [-0.1, -0.05) is 25.3 Å². The summed E-state index contributed by atoms with van der Waals surface area (Å²) in [5.74, 6) is 0.136. The third-order valence-corrected chi connectivity index (χ3v) is 4.79. The highest BCUT2D eigenvalue weighted by molar-refractivity contribution is 5.97. The Hall–Kier alpha value is -1.88. The second-order valence-corrected chi connectivity index (χ2v) is 6.70. The fraction of sp³-hybridized carbons (Fsp3) is 0.579. The second kappa shape index (κ2) is 8.83. The van der Waals surface area contributed by atoms with Crippen molar-refractivity contribution in [1.29, 1.82) is 0 Å². The molecule has 0 aromatic heterocycles. The molecule has 1 unspecified atom stereocenters. The number of carbonyl (C=O) groups is 2. The minimum atomic E-state index is -0.156. The standard InChI is InChI=1S/C19H28N2O3/c1-13-8-9-16(12-18(13)20-14(2)23)19(24)21-17(10-11-22)15-6-4-3-5-7-15/h8-9,12,15,17,22H,3-7,10-11H2,1-2H3,(H,20,23)(H,21,24). The van der Waals surface area contributed by atoms with Gasteiger partial charge < -0.3 is 15.7 Å². The molecule has 0 radical (unpaired) electrons. The van der Waals surface area contributed by atoms with E-state index in [9.17, 15) is 14.7 Å². The molecule has 1 aromatic rings. The van der Waals surface area contributed by atoms with Crippen molar-refractivity contribution in [3.8, 4) is 0 Å². The van der Waals surface area contributed by atoms with Gasteiger partial charge >= 0.3 is 0 Å². The first-order valence-corrected chi connectivity index (χ1v) is 8.81. The summed E-state index contributed by atoms with van der Waals surface area (Å²) in [4.78, 5) is 23.9. The van der Waals surface area contributed by atoms with Gasteiger partial charge in [0.25, 0.3) is 5.91 Å². The van der Waals surface area contributed by atoms with Crippen molar-refractivity contribution in [2.75, 3.05) is 11.9 Å². The molecule has 5 nitrogen and oxygen atoms in total. The van der Waals surface area contributed by atoms with E-state index in [0.29, 0.717) is 23.6 Å². The van der Waals surface area contributed by atoms with E-state index in [1.165, 1.54) is 26.2 Å². The molecule has 0 bridgehead atoms. The van der Waals surface area contributed by atoms with Crippen LogP contribution in [0.3, 0.4) is 0 Å². The smallest absolute Gasteiger partial charge is 0.251 e. The fourth-order valence-corrected chi connectivity index (χ4v) is 3.44. The number of aryl methyl sites for hydroxylation is 1. The Balaban J connectivity index is 2.09. The number of hydrogen-bond donors (Lipinski definition) is 3. The largest absolute Gasteiger partial charge is 0.396 e. The SMILES string of the molecule is CC(=O)Nc1cc(C(=O)NC(CCO)C2CCCCC2)ccc1C. The van der Waals surface area contributed by atoms with Gasteiger partial charge in [0.05, 0.1) is 0 Å². The van der Waals surface area contributed by atoms with Crippen LogP contribution < -0.4 is 10.6 Å². The first-order valence-electron chi connectivity index (χ1n) is 8.81. The number of anilines is 1. The van der Waals surface area contributed by atoms with Crippen molar-refractivity contribution in [2.45, 2.75) is 58.4 Å². The topological polar surface area (TPSA) is 78.4 Å². The van der Waals surface area contributed by atoms with Gasteiger partial charge in [0.1, 0.15) is 0 Å². The van der Waals surface area contributed by atoms with Crippen LogP contribution in [0.25, 0.3) is 0 Å². The summed E-state index contributed by atoms with van der Waals surface area (Å²) >= 11 is 0. The van der Waals surface area contributed by atoms with Gasteiger partial charge in [0, 0.05) is 30.8 Å². The molecule has 2 amide bonds. The maximum absolute atomic E-state index is 12.6. The van der Waals surface area contributed by atoms with Gasteiger partial charge in [-0.15, -0.1) is 0 Å². The summed E-state index contributed by atoms with van der Waals surface area (Å²) in [6.07, 6.45) is 6.44. The normalized spacial score (nSPS) is 16.5. The van der Waals surface area contributed by atoms with Crippen LogP contribution in [0.2, 0.25) is 0 Å². The predicted molar refractivity (Wildman–Crippen MR) is 95.0 cm³/mol. The van der Waals surface area contributed by atoms with Crippen LogP contribution in [0.1, 0.15) is 61.4 Å². The number of aliphatic hydroxyl groups excluding tert-OH is 1. The molecule has 132 valence electrons. The summed E-state index contributed by atoms with van der Waals surface area (Å²) in [6, 6.07) is 5.32. The highest BCUT2D eigenvalue weighted by atomic mass is 16.3. The van der Waals surface area contributed by atoms with Gasteiger partial charge in [-0.05, 0) is 49.8 Å². The Kier molecular flexibility index (Phi) is 6.79. The first kappa shape index (κ1) is 18.5. The zero-order valence-corrected chi connectivity index (χ0v) is 14.6. The number of aliphatic hydroxyl groups is 1. The van der Waals surface area contributed by atoms with Gasteiger partial charge in [0.15, 0.2) is 0 Å².